The van der Waals surface area contributed by atoms with E-state index in [1.54, 1.807) is 6.07 Å². The summed E-state index contributed by atoms with van der Waals surface area (Å²) in [6, 6.07) is 17.0. The van der Waals surface area contributed by atoms with Gasteiger partial charge in [0, 0.05) is 18.0 Å². The van der Waals surface area contributed by atoms with E-state index >= 15 is 0 Å². The zero-order valence-electron chi connectivity index (χ0n) is 17.1. The van der Waals surface area contributed by atoms with E-state index in [1.165, 1.54) is 24.0 Å². The lowest BCUT2D eigenvalue weighted by Gasteiger charge is -2.46. The van der Waals surface area contributed by atoms with Crippen molar-refractivity contribution in [2.75, 3.05) is 13.1 Å². The molecule has 2 fully saturated rings. The predicted octanol–water partition coefficient (Wildman–Crippen LogP) is 5.33. The molecule has 1 aliphatic heterocycles. The number of carbonyl (C=O) groups is 1. The summed E-state index contributed by atoms with van der Waals surface area (Å²) in [5.74, 6) is 0.149. The molecule has 2 aromatic rings. The van der Waals surface area contributed by atoms with Crippen molar-refractivity contribution in [1.29, 1.82) is 0 Å². The summed E-state index contributed by atoms with van der Waals surface area (Å²) in [6.45, 7) is 4.66. The van der Waals surface area contributed by atoms with Gasteiger partial charge in [0.1, 0.15) is 0 Å². The van der Waals surface area contributed by atoms with Crippen LogP contribution in [0.5, 0.6) is 0 Å². The van der Waals surface area contributed by atoms with Crippen molar-refractivity contribution >= 4 is 12.0 Å². The number of likely N-dealkylation sites (tertiary alicyclic amines) is 1. The monoisotopic (exact) mass is 387 g/mol. The number of carboxylic acids is 1. The highest BCUT2D eigenvalue weighted by atomic mass is 16.4. The van der Waals surface area contributed by atoms with Crippen LogP contribution in [-0.2, 0) is 5.41 Å². The molecule has 5 rings (SSSR count). The average Bonchev–Trinajstić information content (AvgIpc) is 3.37. The summed E-state index contributed by atoms with van der Waals surface area (Å²) in [5.41, 5.74) is 4.60. The van der Waals surface area contributed by atoms with Gasteiger partial charge in [-0.1, -0.05) is 61.5 Å². The Kier molecular flexibility index (Phi) is 4.59. The first-order valence-electron chi connectivity index (χ1n) is 10.9. The van der Waals surface area contributed by atoms with Crippen LogP contribution in [0.1, 0.15) is 65.6 Å². The first-order valence-corrected chi connectivity index (χ1v) is 10.9. The van der Waals surface area contributed by atoms with Gasteiger partial charge in [0.25, 0.3) is 0 Å². The van der Waals surface area contributed by atoms with E-state index in [4.69, 9.17) is 0 Å². The second kappa shape index (κ2) is 7.14. The Bertz CT molecular complexity index is 965. The molecule has 3 heteroatoms. The molecule has 1 heterocycles. The smallest absolute Gasteiger partial charge is 0.335 e. The first kappa shape index (κ1) is 18.6. The highest BCUT2D eigenvalue weighted by Gasteiger charge is 2.45. The Morgan fingerprint density at radius 3 is 2.72 bits per heavy atom. The Balaban J connectivity index is 1.30. The fourth-order valence-corrected chi connectivity index (χ4v) is 6.17. The van der Waals surface area contributed by atoms with Crippen molar-refractivity contribution in [3.05, 3.63) is 76.9 Å². The second-order valence-corrected chi connectivity index (χ2v) is 9.16. The van der Waals surface area contributed by atoms with Gasteiger partial charge in [0.05, 0.1) is 5.56 Å². The van der Waals surface area contributed by atoms with Crippen molar-refractivity contribution in [3.63, 3.8) is 0 Å². The molecule has 3 unspecified atom stereocenters. The molecule has 0 aromatic heterocycles. The minimum atomic E-state index is -0.802. The summed E-state index contributed by atoms with van der Waals surface area (Å²) < 4.78 is 0. The van der Waals surface area contributed by atoms with E-state index < -0.39 is 5.97 Å². The summed E-state index contributed by atoms with van der Waals surface area (Å²) in [6.07, 6.45) is 9.29. The zero-order chi connectivity index (χ0) is 20.0. The molecule has 29 heavy (non-hydrogen) atoms. The summed E-state index contributed by atoms with van der Waals surface area (Å²) in [5, 5.41) is 9.56. The second-order valence-electron chi connectivity index (χ2n) is 9.16. The minimum absolute atomic E-state index is 0.195. The highest BCUT2D eigenvalue weighted by Crippen LogP contribution is 2.48. The maximum atomic E-state index is 11.6. The van der Waals surface area contributed by atoms with Crippen LogP contribution in [0, 0.1) is 5.92 Å². The number of fused-ring (bicyclic) bond motifs is 2. The van der Waals surface area contributed by atoms with Gasteiger partial charge in [0.2, 0.25) is 0 Å². The molecule has 150 valence electrons. The van der Waals surface area contributed by atoms with Gasteiger partial charge >= 0.3 is 5.97 Å². The molecule has 2 aliphatic carbocycles. The maximum Gasteiger partial charge on any atom is 0.335 e. The number of aromatic carboxylic acids is 1. The molecular formula is C26H29NO2. The minimum Gasteiger partial charge on any atom is -0.478 e. The quantitative estimate of drug-likeness (QED) is 0.774. The van der Waals surface area contributed by atoms with Crippen molar-refractivity contribution in [3.8, 4) is 0 Å². The van der Waals surface area contributed by atoms with Gasteiger partial charge in [-0.2, -0.15) is 0 Å². The normalized spacial score (nSPS) is 31.3. The molecule has 2 aromatic carbocycles. The topological polar surface area (TPSA) is 40.5 Å². The third kappa shape index (κ3) is 3.03. The number of hydrogen-bond donors (Lipinski definition) is 1. The van der Waals surface area contributed by atoms with Crippen molar-refractivity contribution in [1.82, 2.24) is 4.90 Å². The Hall–Kier alpha value is -2.39. The molecule has 1 saturated heterocycles. The lowest BCUT2D eigenvalue weighted by atomic mass is 9.68. The van der Waals surface area contributed by atoms with E-state index in [0.717, 1.165) is 31.5 Å². The van der Waals surface area contributed by atoms with Crippen LogP contribution in [0.25, 0.3) is 6.08 Å². The van der Waals surface area contributed by atoms with Gasteiger partial charge in [-0.05, 0) is 66.8 Å². The van der Waals surface area contributed by atoms with Crippen molar-refractivity contribution in [2.24, 2.45) is 5.92 Å². The van der Waals surface area contributed by atoms with E-state index in [9.17, 15) is 9.90 Å². The Morgan fingerprint density at radius 1 is 1.10 bits per heavy atom. The number of hydrogen-bond acceptors (Lipinski definition) is 2. The van der Waals surface area contributed by atoms with Gasteiger partial charge in [-0.25, -0.2) is 4.79 Å². The van der Waals surface area contributed by atoms with E-state index in [2.05, 4.69) is 48.2 Å². The van der Waals surface area contributed by atoms with Crippen LogP contribution < -0.4 is 0 Å². The predicted molar refractivity (Wildman–Crippen MR) is 116 cm³/mol. The maximum absolute atomic E-state index is 11.6. The summed E-state index contributed by atoms with van der Waals surface area (Å²) in [4.78, 5) is 14.3. The largest absolute Gasteiger partial charge is 0.478 e. The standard InChI is InChI=1S/C26H29NO2/c1-18-17-27(15-14-26(18)13-12-19-6-2-5-9-24(19)26)21-11-10-20(16-21)22-7-3-4-8-23(22)25(28)29/h2-9,12-13,18,20-21H,10-11,14-17H2,1H3,(H,28,29)/t18-,20?,21?,26?/m0/s1. The number of benzene rings is 2. The highest BCUT2D eigenvalue weighted by molar-refractivity contribution is 5.89. The molecule has 1 spiro atoms. The summed E-state index contributed by atoms with van der Waals surface area (Å²) in [7, 11) is 0. The van der Waals surface area contributed by atoms with Gasteiger partial charge in [-0.15, -0.1) is 0 Å². The molecule has 1 N–H and O–H groups in total. The molecule has 3 nitrogen and oxygen atoms in total. The summed E-state index contributed by atoms with van der Waals surface area (Å²) >= 11 is 0. The van der Waals surface area contributed by atoms with Crippen LogP contribution >= 0.6 is 0 Å². The Morgan fingerprint density at radius 2 is 1.90 bits per heavy atom. The molecule has 4 atom stereocenters. The van der Waals surface area contributed by atoms with Gasteiger partial charge in [0.15, 0.2) is 0 Å². The van der Waals surface area contributed by atoms with Gasteiger partial charge in [-0.3, -0.25) is 0 Å². The van der Waals surface area contributed by atoms with Crippen LogP contribution in [0.4, 0.5) is 0 Å². The number of carboxylic acid groups (broad SMARTS) is 1. The Labute approximate surface area is 173 Å². The van der Waals surface area contributed by atoms with Crippen molar-refractivity contribution in [2.45, 2.75) is 50.0 Å². The number of piperidine rings is 1. The van der Waals surface area contributed by atoms with E-state index in [-0.39, 0.29) is 5.41 Å². The first-order chi connectivity index (χ1) is 14.1. The number of allylic oxidation sites excluding steroid dienone is 1. The molecular weight excluding hydrogens is 358 g/mol. The zero-order valence-corrected chi connectivity index (χ0v) is 17.1. The lowest BCUT2D eigenvalue weighted by Crippen LogP contribution is -2.50. The number of nitrogens with zero attached hydrogens (tertiary/aromatic N) is 1. The van der Waals surface area contributed by atoms with Crippen LogP contribution in [0.2, 0.25) is 0 Å². The van der Waals surface area contributed by atoms with E-state index in [0.29, 0.717) is 23.4 Å². The number of rotatable bonds is 3. The van der Waals surface area contributed by atoms with Crippen LogP contribution in [0.15, 0.2) is 54.6 Å². The molecule has 0 radical (unpaired) electrons. The molecule has 0 bridgehead atoms. The average molecular weight is 388 g/mol. The van der Waals surface area contributed by atoms with Crippen LogP contribution in [-0.4, -0.2) is 35.1 Å². The fourth-order valence-electron chi connectivity index (χ4n) is 6.17. The van der Waals surface area contributed by atoms with Gasteiger partial charge < -0.3 is 10.0 Å². The lowest BCUT2D eigenvalue weighted by molar-refractivity contribution is 0.0694. The third-order valence-corrected chi connectivity index (χ3v) is 7.78. The van der Waals surface area contributed by atoms with E-state index in [1.807, 2.05) is 18.2 Å². The molecule has 3 aliphatic rings. The van der Waals surface area contributed by atoms with Crippen LogP contribution in [0.3, 0.4) is 0 Å². The third-order valence-electron chi connectivity index (χ3n) is 7.78. The fraction of sp³-hybridized carbons (Fsp3) is 0.423. The SMILES string of the molecule is C[C@H]1CN(C2CCC(c3ccccc3C(=O)O)C2)CCC12C=Cc1ccccc12. The molecule has 1 saturated carbocycles. The molecule has 0 amide bonds. The van der Waals surface area contributed by atoms with Crippen molar-refractivity contribution < 1.29 is 9.90 Å².